The molecule has 0 radical (unpaired) electrons. The Balaban J connectivity index is 2.65. The lowest BCUT2D eigenvalue weighted by Gasteiger charge is -2.23. The molecule has 9 heteroatoms. The summed E-state index contributed by atoms with van der Waals surface area (Å²) in [4.78, 5) is 16.4. The number of aliphatic imine (C=N–C) groups is 1. The van der Waals surface area contributed by atoms with Crippen LogP contribution in [0.2, 0.25) is 0 Å². The van der Waals surface area contributed by atoms with Gasteiger partial charge in [0.15, 0.2) is 0 Å². The number of hydrogen-bond donors (Lipinski definition) is 0. The molecule has 0 saturated carbocycles. The minimum atomic E-state index is -5.00. The highest BCUT2D eigenvalue weighted by atomic mass is 19.4. The van der Waals surface area contributed by atoms with Crippen molar-refractivity contribution in [1.29, 1.82) is 0 Å². The van der Waals surface area contributed by atoms with Gasteiger partial charge in [-0.05, 0) is 35.4 Å². The minimum Gasteiger partial charge on any atom is -0.467 e. The number of ether oxygens (including phenoxy) is 1. The Labute approximate surface area is 162 Å². The van der Waals surface area contributed by atoms with Crippen molar-refractivity contribution in [2.45, 2.75) is 17.9 Å². The molecule has 0 heterocycles. The quantitative estimate of drug-likeness (QED) is 0.284. The van der Waals surface area contributed by atoms with E-state index < -0.39 is 40.6 Å². The van der Waals surface area contributed by atoms with Gasteiger partial charge >= 0.3 is 18.3 Å². The van der Waals surface area contributed by atoms with Gasteiger partial charge in [-0.15, -0.1) is 0 Å². The normalized spacial score (nSPS) is 14.4. The van der Waals surface area contributed by atoms with Gasteiger partial charge in [0.05, 0.1) is 18.2 Å². The Morgan fingerprint density at radius 1 is 0.931 bits per heavy atom. The van der Waals surface area contributed by atoms with Crippen LogP contribution in [0.4, 0.5) is 26.3 Å². The van der Waals surface area contributed by atoms with E-state index in [2.05, 4.69) is 11.6 Å². The maximum absolute atomic E-state index is 13.0. The number of benzene rings is 2. The van der Waals surface area contributed by atoms with Crippen molar-refractivity contribution in [2.24, 2.45) is 4.99 Å². The van der Waals surface area contributed by atoms with Crippen molar-refractivity contribution < 1.29 is 35.9 Å². The van der Waals surface area contributed by atoms with Crippen molar-refractivity contribution >= 4 is 12.2 Å². The van der Waals surface area contributed by atoms with Crippen molar-refractivity contribution in [3.8, 4) is 0 Å². The summed E-state index contributed by atoms with van der Waals surface area (Å²) in [6.45, 7) is 3.53. The number of carbonyl (C=O) groups excluding carboxylic acids is 1. The first-order chi connectivity index (χ1) is 13.4. The third-order valence-electron chi connectivity index (χ3n) is 4.03. The summed E-state index contributed by atoms with van der Waals surface area (Å²) < 4.78 is 82.9. The maximum Gasteiger partial charge on any atom is 0.416 e. The Morgan fingerprint density at radius 3 is 1.86 bits per heavy atom. The molecule has 0 amide bonds. The summed E-state index contributed by atoms with van der Waals surface area (Å²) in [5.74, 6) is -0.905. The van der Waals surface area contributed by atoms with Gasteiger partial charge in [0.25, 0.3) is 0 Å². The van der Waals surface area contributed by atoms with Crippen molar-refractivity contribution in [2.75, 3.05) is 7.11 Å². The van der Waals surface area contributed by atoms with Crippen LogP contribution < -0.4 is 0 Å². The second kappa shape index (κ2) is 8.10. The molecule has 154 valence electrons. The van der Waals surface area contributed by atoms with Gasteiger partial charge in [-0.1, -0.05) is 36.9 Å². The summed E-state index contributed by atoms with van der Waals surface area (Å²) in [5.41, 5.74) is -5.03. The lowest BCUT2D eigenvalue weighted by atomic mass is 9.90. The number of esters is 1. The molecule has 0 fully saturated rings. The number of halogens is 6. The molecule has 1 atom stereocenters. The van der Waals surface area contributed by atoms with E-state index >= 15 is 0 Å². The lowest BCUT2D eigenvalue weighted by molar-refractivity contribution is -0.145. The molecule has 0 aliphatic heterocycles. The van der Waals surface area contributed by atoms with Crippen LogP contribution in [0, 0.1) is 0 Å². The Hall–Kier alpha value is -3.10. The molecule has 0 spiro atoms. The predicted octanol–water partition coefficient (Wildman–Crippen LogP) is 5.40. The molecule has 2 aromatic rings. The molecule has 0 N–H and O–H groups in total. The van der Waals surface area contributed by atoms with E-state index in [1.807, 2.05) is 0 Å². The number of alkyl halides is 6. The second-order valence-electron chi connectivity index (χ2n) is 5.93. The highest BCUT2D eigenvalue weighted by molar-refractivity contribution is 5.90. The average molecular weight is 415 g/mol. The van der Waals surface area contributed by atoms with E-state index in [1.54, 1.807) is 18.2 Å². The molecule has 0 aromatic heterocycles. The van der Waals surface area contributed by atoms with Crippen LogP contribution in [-0.4, -0.2) is 19.3 Å². The molecular weight excluding hydrogens is 400 g/mol. The summed E-state index contributed by atoms with van der Waals surface area (Å²) in [5, 5.41) is 0. The van der Waals surface area contributed by atoms with Crippen molar-refractivity contribution in [1.82, 2.24) is 0 Å². The van der Waals surface area contributed by atoms with Crippen LogP contribution in [0.15, 0.2) is 66.2 Å². The van der Waals surface area contributed by atoms with E-state index in [-0.39, 0.29) is 11.6 Å². The van der Waals surface area contributed by atoms with Gasteiger partial charge in [0, 0.05) is 6.21 Å². The first-order valence-corrected chi connectivity index (χ1v) is 8.06. The fourth-order valence-electron chi connectivity index (χ4n) is 2.58. The first-order valence-electron chi connectivity index (χ1n) is 8.06. The highest BCUT2D eigenvalue weighted by Gasteiger charge is 2.39. The Kier molecular flexibility index (Phi) is 6.20. The molecule has 0 aliphatic carbocycles. The molecule has 2 aromatic carbocycles. The number of carbonyl (C=O) groups is 1. The first kappa shape index (κ1) is 22.2. The summed E-state index contributed by atoms with van der Waals surface area (Å²) >= 11 is 0. The summed E-state index contributed by atoms with van der Waals surface area (Å²) in [6.07, 6.45) is -8.14. The second-order valence-corrected chi connectivity index (χ2v) is 5.93. The smallest absolute Gasteiger partial charge is 0.416 e. The van der Waals surface area contributed by atoms with Gasteiger partial charge in [0.2, 0.25) is 5.54 Å². The largest absolute Gasteiger partial charge is 0.467 e. The van der Waals surface area contributed by atoms with Crippen molar-refractivity contribution in [3.63, 3.8) is 0 Å². The van der Waals surface area contributed by atoms with Gasteiger partial charge in [-0.3, -0.25) is 4.99 Å². The van der Waals surface area contributed by atoms with Crippen LogP contribution in [0.5, 0.6) is 0 Å². The Morgan fingerprint density at radius 2 is 1.45 bits per heavy atom. The lowest BCUT2D eigenvalue weighted by Crippen LogP contribution is -2.33. The highest BCUT2D eigenvalue weighted by Crippen LogP contribution is 2.36. The van der Waals surface area contributed by atoms with Crippen LogP contribution >= 0.6 is 0 Å². The SMILES string of the molecule is C=CC(N=Cc1cc(C(F)(F)F)cc(C(F)(F)F)c1)(C(=O)OC)c1ccccc1. The summed E-state index contributed by atoms with van der Waals surface area (Å²) in [6, 6.07) is 8.85. The Bertz CT molecular complexity index is 887. The molecule has 1 unspecified atom stereocenters. The zero-order valence-electron chi connectivity index (χ0n) is 15.0. The number of hydrogen-bond acceptors (Lipinski definition) is 3. The molecule has 2 rings (SSSR count). The van der Waals surface area contributed by atoms with E-state index in [4.69, 9.17) is 4.74 Å². The summed E-state index contributed by atoms with van der Waals surface area (Å²) in [7, 11) is 1.07. The van der Waals surface area contributed by atoms with Gasteiger partial charge in [-0.25, -0.2) is 4.79 Å². The van der Waals surface area contributed by atoms with Crippen LogP contribution in [-0.2, 0) is 27.4 Å². The van der Waals surface area contributed by atoms with Crippen molar-refractivity contribution in [3.05, 3.63) is 83.4 Å². The number of rotatable bonds is 5. The van der Waals surface area contributed by atoms with E-state index in [9.17, 15) is 31.1 Å². The molecule has 0 aliphatic rings. The number of nitrogens with zero attached hydrogens (tertiary/aromatic N) is 1. The predicted molar refractivity (Wildman–Crippen MR) is 94.4 cm³/mol. The fraction of sp³-hybridized carbons (Fsp3) is 0.200. The zero-order valence-corrected chi connectivity index (χ0v) is 15.0. The molecule has 29 heavy (non-hydrogen) atoms. The van der Waals surface area contributed by atoms with E-state index in [0.717, 1.165) is 19.4 Å². The number of methoxy groups -OCH3 is 1. The molecule has 3 nitrogen and oxygen atoms in total. The minimum absolute atomic E-state index is 0.00952. The van der Waals surface area contributed by atoms with E-state index in [1.165, 1.54) is 12.1 Å². The molecular formula is C20H15F6NO2. The molecule has 0 saturated heterocycles. The third kappa shape index (κ3) is 4.85. The van der Waals surface area contributed by atoms with Crippen LogP contribution in [0.25, 0.3) is 0 Å². The maximum atomic E-state index is 13.0. The van der Waals surface area contributed by atoms with E-state index in [0.29, 0.717) is 12.1 Å². The van der Waals surface area contributed by atoms with Gasteiger partial charge in [0.1, 0.15) is 0 Å². The van der Waals surface area contributed by atoms with Crippen LogP contribution in [0.3, 0.4) is 0 Å². The monoisotopic (exact) mass is 415 g/mol. The zero-order chi connectivity index (χ0) is 21.9. The van der Waals surface area contributed by atoms with Gasteiger partial charge in [-0.2, -0.15) is 26.3 Å². The molecule has 0 bridgehead atoms. The topological polar surface area (TPSA) is 38.7 Å². The average Bonchev–Trinajstić information content (AvgIpc) is 2.67. The standard InChI is InChI=1S/C20H15F6NO2/c1-3-18(17(28)29-2,14-7-5-4-6-8-14)27-12-13-9-15(19(21,22)23)11-16(10-13)20(24,25)26/h3-12H,1H2,2H3. The van der Waals surface area contributed by atoms with Crippen LogP contribution in [0.1, 0.15) is 22.3 Å². The third-order valence-corrected chi connectivity index (χ3v) is 4.03. The fourth-order valence-corrected chi connectivity index (χ4v) is 2.58. The van der Waals surface area contributed by atoms with Gasteiger partial charge < -0.3 is 4.74 Å².